The van der Waals surface area contributed by atoms with E-state index >= 15 is 0 Å². The Labute approximate surface area is 86.4 Å². The Kier molecular flexibility index (Phi) is 2.08. The second-order valence-corrected chi connectivity index (χ2v) is 4.88. The Morgan fingerprint density at radius 1 is 1.00 bits per heavy atom. The van der Waals surface area contributed by atoms with Crippen LogP contribution in [-0.4, -0.2) is 0 Å². The summed E-state index contributed by atoms with van der Waals surface area (Å²) < 4.78 is 0. The molecule has 3 aliphatic rings. The van der Waals surface area contributed by atoms with Crippen molar-refractivity contribution in [2.24, 2.45) is 5.92 Å². The van der Waals surface area contributed by atoms with Crippen molar-refractivity contribution in [1.29, 1.82) is 0 Å². The molecule has 0 aromatic rings. The van der Waals surface area contributed by atoms with Crippen LogP contribution in [0.3, 0.4) is 0 Å². The van der Waals surface area contributed by atoms with Crippen LogP contribution in [0.4, 0.5) is 0 Å². The summed E-state index contributed by atoms with van der Waals surface area (Å²) in [5.74, 6) is 0.872. The third-order valence-corrected chi connectivity index (χ3v) is 4.04. The zero-order valence-corrected chi connectivity index (χ0v) is 8.76. The molecule has 3 aliphatic carbocycles. The second-order valence-electron chi connectivity index (χ2n) is 4.88. The van der Waals surface area contributed by atoms with E-state index < -0.39 is 0 Å². The van der Waals surface area contributed by atoms with Gasteiger partial charge in [0.15, 0.2) is 0 Å². The first kappa shape index (κ1) is 8.52. The van der Waals surface area contributed by atoms with Crippen molar-refractivity contribution in [2.45, 2.75) is 44.9 Å². The van der Waals surface area contributed by atoms with E-state index in [1.165, 1.54) is 44.9 Å². The lowest BCUT2D eigenvalue weighted by atomic mass is 9.74. The maximum absolute atomic E-state index is 2.30. The van der Waals surface area contributed by atoms with Crippen molar-refractivity contribution in [3.05, 3.63) is 34.9 Å². The first-order valence-corrected chi connectivity index (χ1v) is 6.01. The number of hydrogen-bond donors (Lipinski definition) is 0. The van der Waals surface area contributed by atoms with Crippen LogP contribution >= 0.6 is 0 Å². The predicted octanol–water partition coefficient (Wildman–Crippen LogP) is 4.15. The Hall–Kier alpha value is -0.780. The van der Waals surface area contributed by atoms with Gasteiger partial charge in [-0.2, -0.15) is 0 Å². The van der Waals surface area contributed by atoms with Gasteiger partial charge in [-0.1, -0.05) is 29.4 Å². The maximum atomic E-state index is 2.30. The lowest BCUT2D eigenvalue weighted by molar-refractivity contribution is 0.475. The highest BCUT2D eigenvalue weighted by Crippen LogP contribution is 2.41. The first-order valence-electron chi connectivity index (χ1n) is 6.01. The molecule has 0 saturated carbocycles. The molecule has 0 bridgehead atoms. The average molecular weight is 186 g/mol. The van der Waals surface area contributed by atoms with E-state index in [4.69, 9.17) is 0 Å². The molecular formula is C14H18. The highest BCUT2D eigenvalue weighted by atomic mass is 14.3. The van der Waals surface area contributed by atoms with Gasteiger partial charge in [-0.15, -0.1) is 0 Å². The first-order chi connectivity index (χ1) is 6.93. The number of allylic oxidation sites excluding steroid dienone is 6. The van der Waals surface area contributed by atoms with Crippen LogP contribution in [0, 0.1) is 5.92 Å². The van der Waals surface area contributed by atoms with Crippen LogP contribution in [0.25, 0.3) is 0 Å². The smallest absolute Gasteiger partial charge is 0.0122 e. The van der Waals surface area contributed by atoms with E-state index in [-0.39, 0.29) is 0 Å². The van der Waals surface area contributed by atoms with Gasteiger partial charge in [0.1, 0.15) is 0 Å². The highest BCUT2D eigenvalue weighted by Gasteiger charge is 2.24. The summed E-state index contributed by atoms with van der Waals surface area (Å²) in [7, 11) is 0. The van der Waals surface area contributed by atoms with Gasteiger partial charge in [-0.05, 0) is 56.4 Å². The summed E-state index contributed by atoms with van der Waals surface area (Å²) >= 11 is 0. The highest BCUT2D eigenvalue weighted by molar-refractivity contribution is 5.39. The molecule has 3 rings (SSSR count). The van der Waals surface area contributed by atoms with Crippen molar-refractivity contribution in [1.82, 2.24) is 0 Å². The van der Waals surface area contributed by atoms with Gasteiger partial charge in [-0.3, -0.25) is 0 Å². The molecule has 0 aromatic carbocycles. The van der Waals surface area contributed by atoms with E-state index in [2.05, 4.69) is 18.2 Å². The van der Waals surface area contributed by atoms with Crippen LogP contribution in [0.15, 0.2) is 34.9 Å². The van der Waals surface area contributed by atoms with E-state index in [0.717, 1.165) is 5.92 Å². The molecule has 0 spiro atoms. The summed E-state index contributed by atoms with van der Waals surface area (Å²) in [6, 6.07) is 0. The molecule has 1 unspecified atom stereocenters. The summed E-state index contributed by atoms with van der Waals surface area (Å²) in [5, 5.41) is 0. The summed E-state index contributed by atoms with van der Waals surface area (Å²) in [6.45, 7) is 0. The van der Waals surface area contributed by atoms with Gasteiger partial charge < -0.3 is 0 Å². The van der Waals surface area contributed by atoms with Gasteiger partial charge in [0.05, 0.1) is 0 Å². The fourth-order valence-corrected chi connectivity index (χ4v) is 3.09. The summed E-state index contributed by atoms with van der Waals surface area (Å²) in [4.78, 5) is 0. The van der Waals surface area contributed by atoms with Gasteiger partial charge in [0, 0.05) is 0 Å². The van der Waals surface area contributed by atoms with Crippen LogP contribution in [0.5, 0.6) is 0 Å². The van der Waals surface area contributed by atoms with Crippen molar-refractivity contribution in [3.63, 3.8) is 0 Å². The molecule has 0 amide bonds. The second kappa shape index (κ2) is 3.42. The van der Waals surface area contributed by atoms with Gasteiger partial charge in [-0.25, -0.2) is 0 Å². The molecule has 74 valence electrons. The lowest BCUT2D eigenvalue weighted by Crippen LogP contribution is -2.15. The molecule has 0 saturated heterocycles. The Morgan fingerprint density at radius 3 is 2.50 bits per heavy atom. The van der Waals surface area contributed by atoms with Crippen molar-refractivity contribution < 1.29 is 0 Å². The van der Waals surface area contributed by atoms with E-state index in [1.807, 2.05) is 11.1 Å². The summed E-state index contributed by atoms with van der Waals surface area (Å²) in [5.41, 5.74) is 5.27. The lowest BCUT2D eigenvalue weighted by Gasteiger charge is -2.32. The molecule has 0 heteroatoms. The van der Waals surface area contributed by atoms with E-state index in [1.54, 1.807) is 5.57 Å². The standard InChI is InChI=1S/C14H18/c1-2-5-13-10-14(11-6-3-7-11)9-8-12(13)4-1/h3,6-7,14H,1-2,4-5,8-10H2. The van der Waals surface area contributed by atoms with Gasteiger partial charge >= 0.3 is 0 Å². The fraction of sp³-hybridized carbons (Fsp3) is 0.571. The largest absolute Gasteiger partial charge is 0.0710 e. The van der Waals surface area contributed by atoms with Crippen LogP contribution in [0.2, 0.25) is 0 Å². The maximum Gasteiger partial charge on any atom is -0.0122 e. The molecule has 0 fully saturated rings. The van der Waals surface area contributed by atoms with Crippen molar-refractivity contribution in [2.75, 3.05) is 0 Å². The Balaban J connectivity index is 1.75. The fourth-order valence-electron chi connectivity index (χ4n) is 3.09. The Bertz CT molecular complexity index is 328. The zero-order chi connectivity index (χ0) is 9.38. The monoisotopic (exact) mass is 186 g/mol. The molecule has 0 aromatic heterocycles. The number of hydrogen-bond acceptors (Lipinski definition) is 0. The van der Waals surface area contributed by atoms with Gasteiger partial charge in [0.2, 0.25) is 0 Å². The number of rotatable bonds is 1. The van der Waals surface area contributed by atoms with Crippen molar-refractivity contribution in [3.8, 4) is 0 Å². The zero-order valence-electron chi connectivity index (χ0n) is 8.76. The molecule has 0 heterocycles. The minimum Gasteiger partial charge on any atom is -0.0710 e. The molecule has 1 atom stereocenters. The van der Waals surface area contributed by atoms with Crippen LogP contribution in [0.1, 0.15) is 44.9 Å². The van der Waals surface area contributed by atoms with E-state index in [0.29, 0.717) is 0 Å². The minimum absolute atomic E-state index is 0.872. The van der Waals surface area contributed by atoms with Crippen LogP contribution < -0.4 is 0 Å². The minimum atomic E-state index is 0.872. The molecule has 14 heavy (non-hydrogen) atoms. The van der Waals surface area contributed by atoms with Gasteiger partial charge in [0.25, 0.3) is 0 Å². The van der Waals surface area contributed by atoms with E-state index in [9.17, 15) is 0 Å². The summed E-state index contributed by atoms with van der Waals surface area (Å²) in [6.07, 6.45) is 16.7. The molecule has 0 N–H and O–H groups in total. The SMILES string of the molecule is C1=CC(C2CCC3=C(CCCC3)C2)=C1. The molecular weight excluding hydrogens is 168 g/mol. The Morgan fingerprint density at radius 2 is 1.79 bits per heavy atom. The molecule has 0 radical (unpaired) electrons. The average Bonchev–Trinajstić information content (AvgIpc) is 2.15. The molecule has 0 nitrogen and oxygen atoms in total. The third-order valence-electron chi connectivity index (χ3n) is 4.04. The predicted molar refractivity (Wildman–Crippen MR) is 60.1 cm³/mol. The quantitative estimate of drug-likeness (QED) is 0.539. The normalized spacial score (nSPS) is 30.9. The van der Waals surface area contributed by atoms with Crippen molar-refractivity contribution >= 4 is 0 Å². The third kappa shape index (κ3) is 1.37. The topological polar surface area (TPSA) is 0 Å². The molecule has 0 aliphatic heterocycles. The van der Waals surface area contributed by atoms with Crippen LogP contribution in [-0.2, 0) is 0 Å².